The molecule has 1 aliphatic rings. The third kappa shape index (κ3) is 2.93. The van der Waals surface area contributed by atoms with E-state index < -0.39 is 15.9 Å². The van der Waals surface area contributed by atoms with Gasteiger partial charge in [-0.2, -0.15) is 5.10 Å². The Kier molecular flexibility index (Phi) is 4.12. The third-order valence-corrected chi connectivity index (χ3v) is 6.20. The van der Waals surface area contributed by atoms with Crippen molar-refractivity contribution in [2.45, 2.75) is 11.8 Å². The molecule has 0 saturated carbocycles. The first kappa shape index (κ1) is 17.2. The summed E-state index contributed by atoms with van der Waals surface area (Å²) in [4.78, 5) is 16.6. The number of carbonyl (C=O) groups excluding carboxylic acids is 1. The van der Waals surface area contributed by atoms with Gasteiger partial charge in [0.05, 0.1) is 16.3 Å². The van der Waals surface area contributed by atoms with Gasteiger partial charge in [0.2, 0.25) is 0 Å². The molecule has 136 valence electrons. The summed E-state index contributed by atoms with van der Waals surface area (Å²) in [5, 5.41) is 5.50. The number of nitrogens with one attached hydrogen (secondary N) is 1. The highest BCUT2D eigenvalue weighted by Crippen LogP contribution is 2.41. The van der Waals surface area contributed by atoms with Crippen molar-refractivity contribution in [1.29, 1.82) is 0 Å². The summed E-state index contributed by atoms with van der Waals surface area (Å²) in [6, 6.07) is 14.0. The highest BCUT2D eigenvalue weighted by molar-refractivity contribution is 7.93. The second-order valence-electron chi connectivity index (χ2n) is 6.12. The summed E-state index contributed by atoms with van der Waals surface area (Å²) in [6.45, 7) is 1.39. The molecular weight excluding hydrogens is 364 g/mol. The van der Waals surface area contributed by atoms with Gasteiger partial charge in [-0.25, -0.2) is 13.8 Å². The quantitative estimate of drug-likeness (QED) is 0.555. The Hall–Kier alpha value is -3.26. The molecule has 0 aliphatic carbocycles. The lowest BCUT2D eigenvalue weighted by Gasteiger charge is -2.17. The van der Waals surface area contributed by atoms with E-state index in [9.17, 15) is 13.2 Å². The molecule has 0 radical (unpaired) electrons. The molecule has 4 rings (SSSR count). The van der Waals surface area contributed by atoms with Crippen LogP contribution in [0.15, 0.2) is 70.9 Å². The molecule has 1 N–H and O–H groups in total. The average Bonchev–Trinajstić information content (AvgIpc) is 2.90. The Morgan fingerprint density at radius 1 is 1.15 bits per heavy atom. The van der Waals surface area contributed by atoms with Gasteiger partial charge in [0, 0.05) is 23.3 Å². The van der Waals surface area contributed by atoms with Crippen LogP contribution in [0.1, 0.15) is 12.5 Å². The number of rotatable bonds is 4. The molecule has 27 heavy (non-hydrogen) atoms. The van der Waals surface area contributed by atoms with Gasteiger partial charge >= 0.3 is 0 Å². The normalized spacial score (nSPS) is 15.1. The van der Waals surface area contributed by atoms with E-state index in [1.807, 2.05) is 18.2 Å². The van der Waals surface area contributed by atoms with Crippen LogP contribution < -0.4 is 9.73 Å². The standard InChI is InChI=1S/C19H16N4O3S/c1-13(15-7-4-10-20-11-15)21-22-18(24)12-23-16-8-2-5-14-6-3-9-17(19(14)16)27(23,25)26/h2-11H,12H2,1H3,(H,22,24)/b21-13-. The Balaban J connectivity index is 1.58. The van der Waals surface area contributed by atoms with E-state index in [1.165, 1.54) is 0 Å². The van der Waals surface area contributed by atoms with Crippen LogP contribution in [0.25, 0.3) is 10.8 Å². The number of hydrogen-bond acceptors (Lipinski definition) is 5. The zero-order valence-electron chi connectivity index (χ0n) is 14.5. The topological polar surface area (TPSA) is 91.7 Å². The Morgan fingerprint density at radius 3 is 2.67 bits per heavy atom. The SMILES string of the molecule is C/C(=N/NC(=O)CN1c2cccc3cccc(c23)S1(=O)=O)c1cccnc1. The average molecular weight is 380 g/mol. The second-order valence-corrected chi connectivity index (χ2v) is 7.95. The van der Waals surface area contributed by atoms with Crippen molar-refractivity contribution in [3.63, 3.8) is 0 Å². The molecule has 1 aliphatic heterocycles. The predicted octanol–water partition coefficient (Wildman–Crippen LogP) is 2.28. The molecule has 7 nitrogen and oxygen atoms in total. The van der Waals surface area contributed by atoms with Crippen LogP contribution in [0.2, 0.25) is 0 Å². The minimum absolute atomic E-state index is 0.221. The second kappa shape index (κ2) is 6.48. The highest BCUT2D eigenvalue weighted by Gasteiger charge is 2.36. The molecule has 0 spiro atoms. The van der Waals surface area contributed by atoms with Crippen molar-refractivity contribution >= 4 is 38.1 Å². The molecule has 8 heteroatoms. The zero-order chi connectivity index (χ0) is 19.0. The molecule has 0 saturated heterocycles. The number of benzene rings is 2. The molecule has 2 heterocycles. The van der Waals surface area contributed by atoms with E-state index in [4.69, 9.17) is 0 Å². The number of hydrogen-bond donors (Lipinski definition) is 1. The Morgan fingerprint density at radius 2 is 1.93 bits per heavy atom. The van der Waals surface area contributed by atoms with Crippen molar-refractivity contribution in [2.24, 2.45) is 5.10 Å². The fourth-order valence-electron chi connectivity index (χ4n) is 3.08. The molecule has 2 aromatic carbocycles. The Labute approximate surface area is 156 Å². The summed E-state index contributed by atoms with van der Waals surface area (Å²) in [7, 11) is -3.77. The maximum Gasteiger partial charge on any atom is 0.265 e. The van der Waals surface area contributed by atoms with Gasteiger partial charge in [-0.05, 0) is 30.5 Å². The maximum absolute atomic E-state index is 12.9. The monoisotopic (exact) mass is 380 g/mol. The summed E-state index contributed by atoms with van der Waals surface area (Å²) in [5.41, 5.74) is 4.27. The first-order chi connectivity index (χ1) is 13.0. The number of anilines is 1. The first-order valence-electron chi connectivity index (χ1n) is 8.26. The van der Waals surface area contributed by atoms with Crippen molar-refractivity contribution in [3.05, 3.63) is 66.5 Å². The first-order valence-corrected chi connectivity index (χ1v) is 9.70. The van der Waals surface area contributed by atoms with Crippen LogP contribution in [0, 0.1) is 0 Å². The summed E-state index contributed by atoms with van der Waals surface area (Å²) in [5.74, 6) is -0.522. The molecular formula is C19H16N4O3S. The van der Waals surface area contributed by atoms with Crippen molar-refractivity contribution in [3.8, 4) is 0 Å². The number of pyridine rings is 1. The van der Waals surface area contributed by atoms with E-state index in [-0.39, 0.29) is 11.4 Å². The molecule has 3 aromatic rings. The van der Waals surface area contributed by atoms with E-state index in [0.29, 0.717) is 16.8 Å². The van der Waals surface area contributed by atoms with Crippen molar-refractivity contribution < 1.29 is 13.2 Å². The highest BCUT2D eigenvalue weighted by atomic mass is 32.2. The zero-order valence-corrected chi connectivity index (χ0v) is 15.3. The van der Waals surface area contributed by atoms with Crippen LogP contribution in [0.5, 0.6) is 0 Å². The van der Waals surface area contributed by atoms with Gasteiger partial charge in [-0.15, -0.1) is 0 Å². The smallest absolute Gasteiger partial charge is 0.265 e. The summed E-state index contributed by atoms with van der Waals surface area (Å²) >= 11 is 0. The van der Waals surface area contributed by atoms with Gasteiger partial charge in [-0.1, -0.05) is 30.3 Å². The van der Waals surface area contributed by atoms with Crippen LogP contribution in [0.4, 0.5) is 5.69 Å². The van der Waals surface area contributed by atoms with E-state index in [2.05, 4.69) is 15.5 Å². The van der Waals surface area contributed by atoms with Gasteiger partial charge in [0.25, 0.3) is 15.9 Å². The molecule has 1 amide bonds. The molecule has 0 fully saturated rings. The summed E-state index contributed by atoms with van der Waals surface area (Å²) in [6.07, 6.45) is 3.28. The van der Waals surface area contributed by atoms with E-state index in [1.54, 1.807) is 49.6 Å². The lowest BCUT2D eigenvalue weighted by atomic mass is 10.1. The Bertz CT molecular complexity index is 1170. The lowest BCUT2D eigenvalue weighted by molar-refractivity contribution is -0.119. The molecule has 0 unspecified atom stereocenters. The largest absolute Gasteiger partial charge is 0.271 e. The van der Waals surface area contributed by atoms with Gasteiger partial charge in [0.1, 0.15) is 6.54 Å². The van der Waals surface area contributed by atoms with Gasteiger partial charge in [-0.3, -0.25) is 14.1 Å². The van der Waals surface area contributed by atoms with E-state index in [0.717, 1.165) is 15.3 Å². The minimum Gasteiger partial charge on any atom is -0.271 e. The number of nitrogens with zero attached hydrogens (tertiary/aromatic N) is 3. The molecule has 0 bridgehead atoms. The van der Waals surface area contributed by atoms with Crippen LogP contribution in [-0.2, 0) is 14.8 Å². The van der Waals surface area contributed by atoms with E-state index >= 15 is 0 Å². The van der Waals surface area contributed by atoms with Crippen LogP contribution in [0.3, 0.4) is 0 Å². The van der Waals surface area contributed by atoms with Crippen molar-refractivity contribution in [2.75, 3.05) is 10.8 Å². The van der Waals surface area contributed by atoms with Gasteiger partial charge in [0.15, 0.2) is 0 Å². The van der Waals surface area contributed by atoms with Crippen LogP contribution >= 0.6 is 0 Å². The number of carbonyl (C=O) groups is 1. The number of hydrazone groups is 1. The van der Waals surface area contributed by atoms with Crippen LogP contribution in [-0.4, -0.2) is 31.6 Å². The summed E-state index contributed by atoms with van der Waals surface area (Å²) < 4.78 is 26.8. The molecule has 0 atom stereocenters. The fraction of sp³-hybridized carbons (Fsp3) is 0.105. The predicted molar refractivity (Wildman–Crippen MR) is 103 cm³/mol. The lowest BCUT2D eigenvalue weighted by Crippen LogP contribution is -2.37. The third-order valence-electron chi connectivity index (χ3n) is 4.40. The van der Waals surface area contributed by atoms with Crippen molar-refractivity contribution in [1.82, 2.24) is 10.4 Å². The maximum atomic E-state index is 12.9. The van der Waals surface area contributed by atoms with Gasteiger partial charge < -0.3 is 0 Å². The minimum atomic E-state index is -3.77. The molecule has 1 aromatic heterocycles. The fourth-order valence-corrected chi connectivity index (χ4v) is 4.75. The number of amides is 1. The number of aromatic nitrogens is 1. The number of sulfonamides is 1.